The quantitative estimate of drug-likeness (QED) is 0.920. The van der Waals surface area contributed by atoms with Gasteiger partial charge in [-0.2, -0.15) is 0 Å². The van der Waals surface area contributed by atoms with Crippen LogP contribution in [0, 0.1) is 19.7 Å². The lowest BCUT2D eigenvalue weighted by molar-refractivity contribution is 0.0696. The molecule has 0 spiro atoms. The van der Waals surface area contributed by atoms with Gasteiger partial charge >= 0.3 is 5.97 Å². The molecule has 19 heavy (non-hydrogen) atoms. The van der Waals surface area contributed by atoms with Crippen LogP contribution in [0.5, 0.6) is 11.6 Å². The second-order valence-electron chi connectivity index (χ2n) is 4.13. The number of rotatable bonds is 3. The number of pyridine rings is 1. The second kappa shape index (κ2) is 5.06. The number of nitrogens with zero attached hydrogens (tertiary/aromatic N) is 1. The lowest BCUT2D eigenvalue weighted by Crippen LogP contribution is -2.00. The first-order valence-electron chi connectivity index (χ1n) is 5.62. The Morgan fingerprint density at radius 3 is 2.74 bits per heavy atom. The van der Waals surface area contributed by atoms with Crippen molar-refractivity contribution in [1.29, 1.82) is 0 Å². The van der Waals surface area contributed by atoms with E-state index in [0.717, 1.165) is 0 Å². The molecule has 0 radical (unpaired) electrons. The fraction of sp³-hybridized carbons (Fsp3) is 0.143. The van der Waals surface area contributed by atoms with E-state index < -0.39 is 11.8 Å². The molecule has 0 bridgehead atoms. The Bertz CT molecular complexity index is 641. The number of ether oxygens (including phenoxy) is 1. The lowest BCUT2D eigenvalue weighted by Gasteiger charge is -2.08. The molecular weight excluding hydrogens is 249 g/mol. The summed E-state index contributed by atoms with van der Waals surface area (Å²) >= 11 is 0. The highest BCUT2D eigenvalue weighted by atomic mass is 19.1. The molecule has 0 aliphatic carbocycles. The van der Waals surface area contributed by atoms with Crippen LogP contribution in [0.2, 0.25) is 0 Å². The number of hydrogen-bond acceptors (Lipinski definition) is 3. The minimum Gasteiger partial charge on any atom is -0.478 e. The van der Waals surface area contributed by atoms with Gasteiger partial charge in [-0.15, -0.1) is 0 Å². The fourth-order valence-corrected chi connectivity index (χ4v) is 1.63. The maximum atomic E-state index is 13.8. The van der Waals surface area contributed by atoms with Gasteiger partial charge in [-0.1, -0.05) is 12.1 Å². The van der Waals surface area contributed by atoms with Crippen LogP contribution in [0.25, 0.3) is 0 Å². The molecular formula is C14H12FNO3. The number of carbonyl (C=O) groups is 1. The van der Waals surface area contributed by atoms with E-state index >= 15 is 0 Å². The Labute approximate surface area is 109 Å². The van der Waals surface area contributed by atoms with Crippen molar-refractivity contribution in [3.8, 4) is 11.6 Å². The van der Waals surface area contributed by atoms with Gasteiger partial charge in [0, 0.05) is 11.8 Å². The Kier molecular flexibility index (Phi) is 3.46. The minimum absolute atomic E-state index is 0.0226. The van der Waals surface area contributed by atoms with Gasteiger partial charge in [0.05, 0.1) is 5.56 Å². The molecule has 0 aliphatic heterocycles. The maximum Gasteiger partial charge on any atom is 0.335 e. The van der Waals surface area contributed by atoms with E-state index in [9.17, 15) is 9.18 Å². The van der Waals surface area contributed by atoms with Crippen molar-refractivity contribution < 1.29 is 19.0 Å². The van der Waals surface area contributed by atoms with Crippen LogP contribution in [0.15, 0.2) is 30.3 Å². The first-order chi connectivity index (χ1) is 8.97. The smallest absolute Gasteiger partial charge is 0.335 e. The largest absolute Gasteiger partial charge is 0.478 e. The SMILES string of the molecule is Cc1cc(C(=O)O)cc(Oc2cccc(C)c2F)n1. The predicted molar refractivity (Wildman–Crippen MR) is 67.1 cm³/mol. The first-order valence-corrected chi connectivity index (χ1v) is 5.62. The molecule has 98 valence electrons. The number of aromatic carboxylic acids is 1. The summed E-state index contributed by atoms with van der Waals surface area (Å²) in [4.78, 5) is 15.0. The van der Waals surface area contributed by atoms with Gasteiger partial charge in [-0.3, -0.25) is 0 Å². The van der Waals surface area contributed by atoms with E-state index in [4.69, 9.17) is 9.84 Å². The normalized spacial score (nSPS) is 10.3. The average Bonchev–Trinajstić information content (AvgIpc) is 2.34. The summed E-state index contributed by atoms with van der Waals surface area (Å²) in [7, 11) is 0. The minimum atomic E-state index is -1.08. The zero-order valence-corrected chi connectivity index (χ0v) is 10.5. The second-order valence-corrected chi connectivity index (χ2v) is 4.13. The third kappa shape index (κ3) is 2.88. The Morgan fingerprint density at radius 2 is 2.05 bits per heavy atom. The Morgan fingerprint density at radius 1 is 1.32 bits per heavy atom. The van der Waals surface area contributed by atoms with Gasteiger partial charge in [-0.05, 0) is 31.5 Å². The first kappa shape index (κ1) is 13.0. The van der Waals surface area contributed by atoms with E-state index in [1.165, 1.54) is 18.2 Å². The Balaban J connectivity index is 2.38. The third-order valence-electron chi connectivity index (χ3n) is 2.55. The molecule has 1 heterocycles. The van der Waals surface area contributed by atoms with Crippen molar-refractivity contribution in [1.82, 2.24) is 4.98 Å². The zero-order valence-electron chi connectivity index (χ0n) is 10.5. The fourth-order valence-electron chi connectivity index (χ4n) is 1.63. The monoisotopic (exact) mass is 261 g/mol. The molecule has 2 aromatic rings. The summed E-state index contributed by atoms with van der Waals surface area (Å²) in [6.07, 6.45) is 0. The van der Waals surface area contributed by atoms with Crippen LogP contribution < -0.4 is 4.74 Å². The summed E-state index contributed by atoms with van der Waals surface area (Å²) in [5.41, 5.74) is 0.988. The zero-order chi connectivity index (χ0) is 14.0. The van der Waals surface area contributed by atoms with E-state index in [1.807, 2.05) is 0 Å². The van der Waals surface area contributed by atoms with Gasteiger partial charge in [0.2, 0.25) is 5.88 Å². The number of hydrogen-bond donors (Lipinski definition) is 1. The van der Waals surface area contributed by atoms with Crippen LogP contribution in [-0.2, 0) is 0 Å². The number of benzene rings is 1. The summed E-state index contributed by atoms with van der Waals surface area (Å²) in [5, 5.41) is 8.94. The molecule has 0 unspecified atom stereocenters. The third-order valence-corrected chi connectivity index (χ3v) is 2.55. The maximum absolute atomic E-state index is 13.8. The van der Waals surface area contributed by atoms with Crippen molar-refractivity contribution in [3.05, 3.63) is 53.0 Å². The lowest BCUT2D eigenvalue weighted by atomic mass is 10.2. The van der Waals surface area contributed by atoms with Crippen LogP contribution in [0.1, 0.15) is 21.6 Å². The van der Waals surface area contributed by atoms with Gasteiger partial charge in [0.25, 0.3) is 0 Å². The van der Waals surface area contributed by atoms with E-state index in [0.29, 0.717) is 11.3 Å². The molecule has 0 amide bonds. The van der Waals surface area contributed by atoms with E-state index in [2.05, 4.69) is 4.98 Å². The summed E-state index contributed by atoms with van der Waals surface area (Å²) in [6, 6.07) is 7.42. The molecule has 4 nitrogen and oxygen atoms in total. The molecule has 5 heteroatoms. The van der Waals surface area contributed by atoms with Crippen LogP contribution in [-0.4, -0.2) is 16.1 Å². The van der Waals surface area contributed by atoms with Gasteiger partial charge in [0.1, 0.15) is 0 Å². The summed E-state index contributed by atoms with van der Waals surface area (Å²) < 4.78 is 19.1. The number of aromatic nitrogens is 1. The van der Waals surface area contributed by atoms with Crippen LogP contribution in [0.3, 0.4) is 0 Å². The van der Waals surface area contributed by atoms with Crippen LogP contribution >= 0.6 is 0 Å². The molecule has 0 fully saturated rings. The Hall–Kier alpha value is -2.43. The highest BCUT2D eigenvalue weighted by molar-refractivity contribution is 5.88. The van der Waals surface area contributed by atoms with E-state index in [-0.39, 0.29) is 17.2 Å². The highest BCUT2D eigenvalue weighted by Crippen LogP contribution is 2.25. The molecule has 0 saturated carbocycles. The van der Waals surface area contributed by atoms with Crippen molar-refractivity contribution in [2.45, 2.75) is 13.8 Å². The molecule has 0 saturated heterocycles. The standard InChI is InChI=1S/C14H12FNO3/c1-8-4-3-5-11(13(8)15)19-12-7-10(14(17)18)6-9(2)16-12/h3-7H,1-2H3,(H,17,18). The van der Waals surface area contributed by atoms with Gasteiger partial charge in [0.15, 0.2) is 11.6 Å². The average molecular weight is 261 g/mol. The molecule has 1 aromatic carbocycles. The molecule has 0 aliphatic rings. The van der Waals surface area contributed by atoms with Crippen molar-refractivity contribution in [2.24, 2.45) is 0 Å². The van der Waals surface area contributed by atoms with Crippen molar-refractivity contribution in [2.75, 3.05) is 0 Å². The number of carboxylic acid groups (broad SMARTS) is 1. The summed E-state index contributed by atoms with van der Waals surface area (Å²) in [6.45, 7) is 3.26. The van der Waals surface area contributed by atoms with Gasteiger partial charge < -0.3 is 9.84 Å². The highest BCUT2D eigenvalue weighted by Gasteiger charge is 2.11. The van der Waals surface area contributed by atoms with Crippen molar-refractivity contribution in [3.63, 3.8) is 0 Å². The topological polar surface area (TPSA) is 59.4 Å². The van der Waals surface area contributed by atoms with E-state index in [1.54, 1.807) is 26.0 Å². The number of aryl methyl sites for hydroxylation is 2. The molecule has 0 atom stereocenters. The molecule has 2 rings (SSSR count). The molecule has 1 aromatic heterocycles. The summed E-state index contributed by atoms with van der Waals surface area (Å²) in [5.74, 6) is -1.49. The van der Waals surface area contributed by atoms with Gasteiger partial charge in [-0.25, -0.2) is 14.2 Å². The van der Waals surface area contributed by atoms with Crippen LogP contribution in [0.4, 0.5) is 4.39 Å². The number of halogens is 1. The molecule has 1 N–H and O–H groups in total. The number of carboxylic acids is 1. The predicted octanol–water partition coefficient (Wildman–Crippen LogP) is 3.33. The van der Waals surface area contributed by atoms with Crippen molar-refractivity contribution >= 4 is 5.97 Å².